The molecule has 0 radical (unpaired) electrons. The van der Waals surface area contributed by atoms with Crippen molar-refractivity contribution in [2.24, 2.45) is 0 Å². The van der Waals surface area contributed by atoms with Crippen molar-refractivity contribution in [3.63, 3.8) is 0 Å². The minimum absolute atomic E-state index is 0.0458. The smallest absolute Gasteiger partial charge is 0.336 e. The van der Waals surface area contributed by atoms with Crippen LogP contribution in [0.3, 0.4) is 0 Å². The second-order valence-corrected chi connectivity index (χ2v) is 8.14. The molecule has 2 aromatic rings. The van der Waals surface area contributed by atoms with E-state index in [0.717, 1.165) is 6.42 Å². The summed E-state index contributed by atoms with van der Waals surface area (Å²) in [6.07, 6.45) is 5.56. The number of carbonyl (C=O) groups excluding carboxylic acids is 2. The standard InChI is InChI=1S/C26H26N2O6/c1-3-15-9-11-20(25(31)32)21(12-15)24(30)28-18-7-5-6-17(14-18)27-23(29)19-10-8-16(4-2)13-22(19)26(33)34/h3-4,8-13,17-18H,1-2,5-7,14H2,(H,27,29)(H,28,30)(H,31,32)(H,33,34). The number of carboxylic acids is 2. The van der Waals surface area contributed by atoms with Crippen LogP contribution in [0.25, 0.3) is 12.2 Å². The van der Waals surface area contributed by atoms with E-state index in [9.17, 15) is 29.4 Å². The number of nitrogens with one attached hydrogen (secondary N) is 2. The third kappa shape index (κ3) is 5.58. The lowest BCUT2D eigenvalue weighted by atomic mass is 9.90. The van der Waals surface area contributed by atoms with E-state index in [1.165, 1.54) is 36.4 Å². The van der Waals surface area contributed by atoms with Gasteiger partial charge >= 0.3 is 11.9 Å². The molecular weight excluding hydrogens is 436 g/mol. The van der Waals surface area contributed by atoms with Gasteiger partial charge in [-0.3, -0.25) is 9.59 Å². The zero-order valence-corrected chi connectivity index (χ0v) is 18.5. The Morgan fingerprint density at radius 2 is 1.21 bits per heavy atom. The molecule has 0 aromatic heterocycles. The van der Waals surface area contributed by atoms with Gasteiger partial charge in [0.15, 0.2) is 0 Å². The minimum Gasteiger partial charge on any atom is -0.478 e. The van der Waals surface area contributed by atoms with Crippen molar-refractivity contribution in [1.29, 1.82) is 0 Å². The first-order valence-corrected chi connectivity index (χ1v) is 10.8. The maximum Gasteiger partial charge on any atom is 0.336 e. The molecular formula is C26H26N2O6. The van der Waals surface area contributed by atoms with Crippen molar-refractivity contribution in [3.05, 3.63) is 82.9 Å². The van der Waals surface area contributed by atoms with Crippen LogP contribution in [-0.4, -0.2) is 46.0 Å². The van der Waals surface area contributed by atoms with Gasteiger partial charge < -0.3 is 20.8 Å². The molecule has 1 aliphatic rings. The predicted octanol–water partition coefficient (Wildman–Crippen LogP) is 3.84. The molecule has 2 atom stereocenters. The summed E-state index contributed by atoms with van der Waals surface area (Å²) in [4.78, 5) is 48.8. The molecule has 1 fully saturated rings. The van der Waals surface area contributed by atoms with Gasteiger partial charge in [-0.05, 0) is 61.1 Å². The third-order valence-electron chi connectivity index (χ3n) is 5.85. The number of benzene rings is 2. The van der Waals surface area contributed by atoms with Crippen molar-refractivity contribution in [3.8, 4) is 0 Å². The van der Waals surface area contributed by atoms with Gasteiger partial charge in [0.1, 0.15) is 0 Å². The summed E-state index contributed by atoms with van der Waals surface area (Å²) in [6, 6.07) is 8.35. The molecule has 3 rings (SSSR count). The second-order valence-electron chi connectivity index (χ2n) is 8.14. The zero-order chi connectivity index (χ0) is 24.8. The molecule has 0 spiro atoms. The SMILES string of the molecule is C=Cc1ccc(C(=O)NC2CCCC(NC(=O)c3cc(C=C)ccc3C(=O)O)C2)c(C(=O)O)c1. The largest absolute Gasteiger partial charge is 0.478 e. The van der Waals surface area contributed by atoms with Gasteiger partial charge in [-0.25, -0.2) is 9.59 Å². The van der Waals surface area contributed by atoms with Crippen LogP contribution in [0.2, 0.25) is 0 Å². The Bertz CT molecular complexity index is 1170. The van der Waals surface area contributed by atoms with Crippen LogP contribution >= 0.6 is 0 Å². The number of carboxylic acid groups (broad SMARTS) is 2. The number of hydrogen-bond acceptors (Lipinski definition) is 4. The number of aromatic carboxylic acids is 2. The van der Waals surface area contributed by atoms with Gasteiger partial charge in [-0.1, -0.05) is 37.4 Å². The Morgan fingerprint density at radius 1 is 0.735 bits per heavy atom. The summed E-state index contributed by atoms with van der Waals surface area (Å²) in [6.45, 7) is 7.26. The summed E-state index contributed by atoms with van der Waals surface area (Å²) in [5, 5.41) is 24.7. The Hall–Kier alpha value is -4.20. The molecule has 2 aromatic carbocycles. The van der Waals surface area contributed by atoms with E-state index in [4.69, 9.17) is 0 Å². The molecule has 2 amide bonds. The van der Waals surface area contributed by atoms with Crippen LogP contribution in [-0.2, 0) is 0 Å². The molecule has 1 aliphatic carbocycles. The molecule has 0 aliphatic heterocycles. The van der Waals surface area contributed by atoms with Crippen molar-refractivity contribution < 1.29 is 29.4 Å². The Labute approximate surface area is 197 Å². The van der Waals surface area contributed by atoms with Gasteiger partial charge in [0.25, 0.3) is 11.8 Å². The number of rotatable bonds is 8. The molecule has 8 nitrogen and oxygen atoms in total. The molecule has 0 saturated heterocycles. The van der Waals surface area contributed by atoms with Crippen LogP contribution in [0.15, 0.2) is 49.6 Å². The third-order valence-corrected chi connectivity index (χ3v) is 5.85. The first-order chi connectivity index (χ1) is 16.2. The average Bonchev–Trinajstić information content (AvgIpc) is 2.83. The fourth-order valence-corrected chi connectivity index (χ4v) is 4.11. The first-order valence-electron chi connectivity index (χ1n) is 10.8. The van der Waals surface area contributed by atoms with E-state index < -0.39 is 23.8 Å². The fourth-order valence-electron chi connectivity index (χ4n) is 4.11. The van der Waals surface area contributed by atoms with Crippen LogP contribution < -0.4 is 10.6 Å². The van der Waals surface area contributed by atoms with Crippen LogP contribution in [0.1, 0.15) is 78.2 Å². The summed E-state index contributed by atoms with van der Waals surface area (Å²) in [5.74, 6) is -3.42. The van der Waals surface area contributed by atoms with E-state index in [0.29, 0.717) is 30.4 Å². The number of amides is 2. The molecule has 2 unspecified atom stereocenters. The van der Waals surface area contributed by atoms with E-state index in [2.05, 4.69) is 23.8 Å². The van der Waals surface area contributed by atoms with Crippen LogP contribution in [0.4, 0.5) is 0 Å². The fraction of sp³-hybridized carbons (Fsp3) is 0.231. The average molecular weight is 463 g/mol. The molecule has 8 heteroatoms. The zero-order valence-electron chi connectivity index (χ0n) is 18.5. The van der Waals surface area contributed by atoms with Crippen molar-refractivity contribution in [2.45, 2.75) is 37.8 Å². The van der Waals surface area contributed by atoms with E-state index in [-0.39, 0.29) is 34.3 Å². The Kier molecular flexibility index (Phi) is 7.63. The summed E-state index contributed by atoms with van der Waals surface area (Å²) < 4.78 is 0. The maximum absolute atomic E-state index is 12.9. The minimum atomic E-state index is -1.21. The van der Waals surface area contributed by atoms with E-state index >= 15 is 0 Å². The molecule has 0 heterocycles. The second kappa shape index (κ2) is 10.6. The quantitative estimate of drug-likeness (QED) is 0.471. The molecule has 176 valence electrons. The van der Waals surface area contributed by atoms with Gasteiger partial charge in [-0.2, -0.15) is 0 Å². The molecule has 4 N–H and O–H groups in total. The first kappa shape index (κ1) is 24.4. The van der Waals surface area contributed by atoms with Crippen LogP contribution in [0.5, 0.6) is 0 Å². The Morgan fingerprint density at radius 3 is 1.71 bits per heavy atom. The lowest BCUT2D eigenvalue weighted by molar-refractivity contribution is 0.0682. The number of carbonyl (C=O) groups is 4. The van der Waals surface area contributed by atoms with Crippen molar-refractivity contribution in [1.82, 2.24) is 10.6 Å². The lowest BCUT2D eigenvalue weighted by Crippen LogP contribution is -2.46. The van der Waals surface area contributed by atoms with Gasteiger partial charge in [0.2, 0.25) is 0 Å². The van der Waals surface area contributed by atoms with E-state index in [1.54, 1.807) is 12.1 Å². The monoisotopic (exact) mass is 462 g/mol. The molecule has 1 saturated carbocycles. The topological polar surface area (TPSA) is 133 Å². The predicted molar refractivity (Wildman–Crippen MR) is 128 cm³/mol. The Balaban J connectivity index is 1.71. The summed E-state index contributed by atoms with van der Waals surface area (Å²) >= 11 is 0. The summed E-state index contributed by atoms with van der Waals surface area (Å²) in [7, 11) is 0. The van der Waals surface area contributed by atoms with Crippen molar-refractivity contribution >= 4 is 35.9 Å². The summed E-state index contributed by atoms with van der Waals surface area (Å²) in [5.41, 5.74) is 1.10. The van der Waals surface area contributed by atoms with Gasteiger partial charge in [0, 0.05) is 12.1 Å². The highest BCUT2D eigenvalue weighted by atomic mass is 16.4. The molecule has 0 bridgehead atoms. The lowest BCUT2D eigenvalue weighted by Gasteiger charge is -2.30. The normalized spacial score (nSPS) is 17.3. The molecule has 34 heavy (non-hydrogen) atoms. The highest BCUT2D eigenvalue weighted by Gasteiger charge is 2.27. The van der Waals surface area contributed by atoms with Gasteiger partial charge in [-0.15, -0.1) is 0 Å². The van der Waals surface area contributed by atoms with Gasteiger partial charge in [0.05, 0.1) is 22.3 Å². The van der Waals surface area contributed by atoms with E-state index in [1.807, 2.05) is 0 Å². The van der Waals surface area contributed by atoms with Crippen LogP contribution in [0, 0.1) is 0 Å². The maximum atomic E-state index is 12.9. The highest BCUT2D eigenvalue weighted by molar-refractivity contribution is 6.06. The highest BCUT2D eigenvalue weighted by Crippen LogP contribution is 2.22. The van der Waals surface area contributed by atoms with Crippen molar-refractivity contribution in [2.75, 3.05) is 0 Å². The number of hydrogen-bond donors (Lipinski definition) is 4.